The van der Waals surface area contributed by atoms with Gasteiger partial charge in [-0.25, -0.2) is 0 Å². The summed E-state index contributed by atoms with van der Waals surface area (Å²) in [5, 5.41) is 11.1. The summed E-state index contributed by atoms with van der Waals surface area (Å²) in [5.74, 6) is 1.19. The van der Waals surface area contributed by atoms with E-state index in [2.05, 4.69) is 12.2 Å². The Balaban J connectivity index is 2.53. The number of hydrogen-bond acceptors (Lipinski definition) is 4. The first kappa shape index (κ1) is 16.8. The standard InChI is InChI=1S/C16H22N2O3/c1-3-4-11-21-14-6-5-13(12-15(14)20-2)8-10-18-16(19)7-9-17/h5-6,12H,3-4,7-8,10-11H2,1-2H3,(H,18,19). The van der Waals surface area contributed by atoms with E-state index in [1.807, 2.05) is 24.3 Å². The lowest BCUT2D eigenvalue weighted by Gasteiger charge is -2.12. The van der Waals surface area contributed by atoms with E-state index >= 15 is 0 Å². The molecule has 0 bridgehead atoms. The molecule has 0 radical (unpaired) electrons. The quantitative estimate of drug-likeness (QED) is 0.709. The molecule has 0 saturated carbocycles. The Morgan fingerprint density at radius 3 is 2.86 bits per heavy atom. The molecular weight excluding hydrogens is 268 g/mol. The molecule has 1 aromatic rings. The number of nitriles is 1. The zero-order chi connectivity index (χ0) is 15.5. The van der Waals surface area contributed by atoms with Gasteiger partial charge >= 0.3 is 0 Å². The summed E-state index contributed by atoms with van der Waals surface area (Å²) in [7, 11) is 1.61. The van der Waals surface area contributed by atoms with E-state index in [9.17, 15) is 4.79 Å². The lowest BCUT2D eigenvalue weighted by Crippen LogP contribution is -2.24. The second kappa shape index (κ2) is 9.65. The van der Waals surface area contributed by atoms with Crippen LogP contribution in [-0.2, 0) is 11.2 Å². The molecule has 0 fully saturated rings. The van der Waals surface area contributed by atoms with Crippen molar-refractivity contribution >= 4 is 5.91 Å². The van der Waals surface area contributed by atoms with Crippen molar-refractivity contribution in [1.82, 2.24) is 5.32 Å². The normalized spacial score (nSPS) is 9.76. The van der Waals surface area contributed by atoms with Crippen molar-refractivity contribution < 1.29 is 14.3 Å². The van der Waals surface area contributed by atoms with Crippen LogP contribution >= 0.6 is 0 Å². The van der Waals surface area contributed by atoms with Crippen molar-refractivity contribution in [3.05, 3.63) is 23.8 Å². The first-order valence-corrected chi connectivity index (χ1v) is 7.14. The lowest BCUT2D eigenvalue weighted by atomic mass is 10.1. The maximum Gasteiger partial charge on any atom is 0.234 e. The summed E-state index contributed by atoms with van der Waals surface area (Å²) in [5.41, 5.74) is 1.05. The molecule has 0 aliphatic heterocycles. The zero-order valence-electron chi connectivity index (χ0n) is 12.6. The molecule has 0 aromatic heterocycles. The highest BCUT2D eigenvalue weighted by Gasteiger charge is 2.06. The van der Waals surface area contributed by atoms with Gasteiger partial charge in [0, 0.05) is 6.54 Å². The Hall–Kier alpha value is -2.22. The minimum atomic E-state index is -0.246. The molecule has 0 spiro atoms. The Morgan fingerprint density at radius 1 is 1.38 bits per heavy atom. The van der Waals surface area contributed by atoms with Crippen LogP contribution < -0.4 is 14.8 Å². The molecule has 0 unspecified atom stereocenters. The fourth-order valence-corrected chi connectivity index (χ4v) is 1.79. The number of rotatable bonds is 9. The molecule has 0 saturated heterocycles. The molecule has 0 aliphatic carbocycles. The third-order valence-corrected chi connectivity index (χ3v) is 2.96. The maximum atomic E-state index is 11.2. The fraction of sp³-hybridized carbons (Fsp3) is 0.500. The minimum absolute atomic E-state index is 0.104. The summed E-state index contributed by atoms with van der Waals surface area (Å²) >= 11 is 0. The van der Waals surface area contributed by atoms with E-state index in [4.69, 9.17) is 14.7 Å². The topological polar surface area (TPSA) is 71.3 Å². The highest BCUT2D eigenvalue weighted by molar-refractivity contribution is 5.77. The molecule has 1 aromatic carbocycles. The average Bonchev–Trinajstić information content (AvgIpc) is 2.49. The number of carbonyl (C=O) groups excluding carboxylic acids is 1. The molecule has 21 heavy (non-hydrogen) atoms. The minimum Gasteiger partial charge on any atom is -0.493 e. The van der Waals surface area contributed by atoms with Crippen molar-refractivity contribution in [1.29, 1.82) is 5.26 Å². The van der Waals surface area contributed by atoms with E-state index in [-0.39, 0.29) is 12.3 Å². The van der Waals surface area contributed by atoms with Crippen LogP contribution in [0.4, 0.5) is 0 Å². The van der Waals surface area contributed by atoms with Gasteiger partial charge in [-0.2, -0.15) is 5.26 Å². The molecule has 0 atom stereocenters. The maximum absolute atomic E-state index is 11.2. The molecule has 5 heteroatoms. The summed E-state index contributed by atoms with van der Waals surface area (Å²) < 4.78 is 11.0. The highest BCUT2D eigenvalue weighted by Crippen LogP contribution is 2.28. The van der Waals surface area contributed by atoms with Crippen molar-refractivity contribution in [2.75, 3.05) is 20.3 Å². The number of methoxy groups -OCH3 is 1. The van der Waals surface area contributed by atoms with Gasteiger partial charge in [0.05, 0.1) is 19.8 Å². The summed E-state index contributed by atoms with van der Waals surface area (Å²) in [6, 6.07) is 7.58. The first-order chi connectivity index (χ1) is 10.2. The Kier molecular flexibility index (Phi) is 7.73. The van der Waals surface area contributed by atoms with Crippen molar-refractivity contribution in [3.63, 3.8) is 0 Å². The van der Waals surface area contributed by atoms with Crippen LogP contribution in [0, 0.1) is 11.3 Å². The molecule has 114 valence electrons. The van der Waals surface area contributed by atoms with Gasteiger partial charge in [0.15, 0.2) is 11.5 Å². The molecular formula is C16H22N2O3. The molecule has 5 nitrogen and oxygen atoms in total. The zero-order valence-corrected chi connectivity index (χ0v) is 12.6. The van der Waals surface area contributed by atoms with E-state index in [0.717, 1.165) is 24.2 Å². The van der Waals surface area contributed by atoms with E-state index in [0.29, 0.717) is 25.3 Å². The predicted octanol–water partition coefficient (Wildman–Crippen LogP) is 2.45. The Labute approximate surface area is 125 Å². The number of ether oxygens (including phenoxy) is 2. The highest BCUT2D eigenvalue weighted by atomic mass is 16.5. The van der Waals surface area contributed by atoms with Gasteiger partial charge in [-0.05, 0) is 30.5 Å². The van der Waals surface area contributed by atoms with Crippen LogP contribution in [0.25, 0.3) is 0 Å². The van der Waals surface area contributed by atoms with Gasteiger partial charge in [0.25, 0.3) is 0 Å². The van der Waals surface area contributed by atoms with Gasteiger partial charge in [-0.3, -0.25) is 4.79 Å². The predicted molar refractivity (Wildman–Crippen MR) is 80.3 cm³/mol. The Bertz CT molecular complexity index is 495. The van der Waals surface area contributed by atoms with Crippen LogP contribution in [-0.4, -0.2) is 26.2 Å². The number of hydrogen-bond donors (Lipinski definition) is 1. The Morgan fingerprint density at radius 2 is 2.19 bits per heavy atom. The van der Waals surface area contributed by atoms with Crippen molar-refractivity contribution in [3.8, 4) is 17.6 Å². The van der Waals surface area contributed by atoms with Gasteiger partial charge in [-0.1, -0.05) is 19.4 Å². The molecule has 0 heterocycles. The smallest absolute Gasteiger partial charge is 0.234 e. The number of nitrogens with one attached hydrogen (secondary N) is 1. The van der Waals surface area contributed by atoms with Crippen LogP contribution in [0.1, 0.15) is 31.7 Å². The molecule has 1 amide bonds. The van der Waals surface area contributed by atoms with E-state index < -0.39 is 0 Å². The van der Waals surface area contributed by atoms with Crippen LogP contribution in [0.5, 0.6) is 11.5 Å². The molecule has 1 N–H and O–H groups in total. The summed E-state index contributed by atoms with van der Waals surface area (Å²) in [4.78, 5) is 11.2. The van der Waals surface area contributed by atoms with E-state index in [1.54, 1.807) is 7.11 Å². The number of amides is 1. The second-order valence-electron chi connectivity index (χ2n) is 4.62. The first-order valence-electron chi connectivity index (χ1n) is 7.14. The second-order valence-corrected chi connectivity index (χ2v) is 4.62. The van der Waals surface area contributed by atoms with Crippen LogP contribution in [0.2, 0.25) is 0 Å². The third kappa shape index (κ3) is 6.17. The summed E-state index contributed by atoms with van der Waals surface area (Å²) in [6.45, 7) is 3.29. The fourth-order valence-electron chi connectivity index (χ4n) is 1.79. The number of benzene rings is 1. The SMILES string of the molecule is CCCCOc1ccc(CCNC(=O)CC#N)cc1OC. The summed E-state index contributed by atoms with van der Waals surface area (Å²) in [6.07, 6.45) is 2.68. The molecule has 1 rings (SSSR count). The number of unbranched alkanes of at least 4 members (excludes halogenated alkanes) is 1. The number of carbonyl (C=O) groups is 1. The molecule has 0 aliphatic rings. The largest absolute Gasteiger partial charge is 0.493 e. The van der Waals surface area contributed by atoms with Crippen molar-refractivity contribution in [2.45, 2.75) is 32.6 Å². The third-order valence-electron chi connectivity index (χ3n) is 2.96. The monoisotopic (exact) mass is 290 g/mol. The average molecular weight is 290 g/mol. The van der Waals surface area contributed by atoms with Crippen LogP contribution in [0.3, 0.4) is 0 Å². The van der Waals surface area contributed by atoms with Gasteiger partial charge in [0.2, 0.25) is 5.91 Å². The lowest BCUT2D eigenvalue weighted by molar-refractivity contribution is -0.120. The van der Waals surface area contributed by atoms with Crippen molar-refractivity contribution in [2.24, 2.45) is 0 Å². The van der Waals surface area contributed by atoms with Gasteiger partial charge < -0.3 is 14.8 Å². The van der Waals surface area contributed by atoms with E-state index in [1.165, 1.54) is 0 Å². The van der Waals surface area contributed by atoms with Gasteiger partial charge in [-0.15, -0.1) is 0 Å². The number of nitrogens with zero attached hydrogens (tertiary/aromatic N) is 1. The van der Waals surface area contributed by atoms with Gasteiger partial charge in [0.1, 0.15) is 6.42 Å². The van der Waals surface area contributed by atoms with Crippen LogP contribution in [0.15, 0.2) is 18.2 Å².